The van der Waals surface area contributed by atoms with Gasteiger partial charge in [0.25, 0.3) is 0 Å². The Morgan fingerprint density at radius 3 is 2.04 bits per heavy atom. The summed E-state index contributed by atoms with van der Waals surface area (Å²) in [4.78, 5) is 9.83. The summed E-state index contributed by atoms with van der Waals surface area (Å²) in [5.74, 6) is 1.37. The first-order valence-electron chi connectivity index (χ1n) is 26.4. The van der Waals surface area contributed by atoms with Crippen LogP contribution in [0.2, 0.25) is 19.6 Å². The van der Waals surface area contributed by atoms with Gasteiger partial charge < -0.3 is 14.0 Å². The number of fused-ring (bicyclic) bond motifs is 8. The molecule has 74 heavy (non-hydrogen) atoms. The van der Waals surface area contributed by atoms with E-state index >= 15 is 0 Å². The number of rotatable bonds is 7. The van der Waals surface area contributed by atoms with Crippen LogP contribution in [0.4, 0.5) is 0 Å². The molecule has 4 nitrogen and oxygen atoms in total. The van der Waals surface area contributed by atoms with Gasteiger partial charge in [0.15, 0.2) is 0 Å². The summed E-state index contributed by atoms with van der Waals surface area (Å²) in [6, 6.07) is 61.7. The number of imidazole rings is 1. The fourth-order valence-electron chi connectivity index (χ4n) is 11.5. The number of nitrogens with zero attached hydrogens (tertiary/aromatic N) is 3. The fraction of sp³-hybridized carbons (Fsp3) is 0.265. The van der Waals surface area contributed by atoms with Crippen molar-refractivity contribution >= 4 is 67.8 Å². The molecule has 11 aromatic rings. The zero-order valence-corrected chi connectivity index (χ0v) is 48.3. The predicted octanol–water partition coefficient (Wildman–Crippen LogP) is 18.4. The number of hydrogen-bond acceptors (Lipinski definition) is 3. The smallest absolute Gasteiger partial charge is 0.121 e. The first-order valence-corrected chi connectivity index (χ1v) is 29.9. The monoisotopic (exact) mass is 1160 g/mol. The van der Waals surface area contributed by atoms with Crippen LogP contribution in [0.5, 0.6) is 0 Å². The Kier molecular flexibility index (Phi) is 13.6. The molecule has 1 aliphatic rings. The van der Waals surface area contributed by atoms with Gasteiger partial charge in [-0.3, -0.25) is 4.98 Å². The molecule has 0 bridgehead atoms. The Balaban J connectivity index is 0.000000315. The molecule has 0 amide bonds. The average Bonchev–Trinajstić information content (AvgIpc) is 3.93. The SMILES string of the molecule is CC(C)c1cc(-c2ccc3c(c2)C(C)(C)CCCC3(C)C)cc(C(C)C)c1-n1c(-c2[c-]ccc3c2oc2cc4c(ccc5ccccc54)cc23)nc2ccccc21.C[Si](C)(C)c1ccnc(-c2[c-]cccc2)c1.[Ir]. The first-order chi connectivity index (χ1) is 35.0. The van der Waals surface area contributed by atoms with E-state index in [0.29, 0.717) is 0 Å². The molecular weight excluding hydrogens is 1100 g/mol. The minimum Gasteiger partial charge on any atom is -0.501 e. The molecule has 1 radical (unpaired) electrons. The van der Waals surface area contributed by atoms with E-state index in [-0.39, 0.29) is 42.8 Å². The molecule has 0 spiro atoms. The summed E-state index contributed by atoms with van der Waals surface area (Å²) in [5, 5.41) is 8.48. The molecule has 375 valence electrons. The minimum absolute atomic E-state index is 0. The van der Waals surface area contributed by atoms with Gasteiger partial charge >= 0.3 is 0 Å². The Bertz CT molecular complexity index is 3860. The molecule has 3 aromatic heterocycles. The van der Waals surface area contributed by atoms with Gasteiger partial charge in [-0.15, -0.1) is 54.1 Å². The van der Waals surface area contributed by atoms with E-state index in [1.807, 2.05) is 30.5 Å². The number of hydrogen-bond donors (Lipinski definition) is 0. The zero-order chi connectivity index (χ0) is 51.0. The standard InChI is InChI=1S/C54H51N2O.C14H16NSi.Ir/c1-32(2)41-28-37(35-23-24-45-46(30-35)54(7,8)26-14-25-53(45,5)6)29-42(33(3)4)50(41)56-48-20-12-11-19-47(48)55-52(56)40-18-13-17-39-44-27-36-22-21-34-15-9-10-16-38(34)43(36)31-49(44)57-51(39)40;1-16(2,3)13-9-10-15-14(11-13)12-7-5-4-6-8-12;/h9-13,15-17,19-24,27-33H,14,25-26H2,1-8H3;4-7,9-11H,1-3H3;/q2*-1;. The van der Waals surface area contributed by atoms with Crippen molar-refractivity contribution in [2.45, 2.75) is 117 Å². The first kappa shape index (κ1) is 51.1. The van der Waals surface area contributed by atoms with Gasteiger partial charge in [0.05, 0.1) is 30.5 Å². The molecule has 0 aliphatic heterocycles. The van der Waals surface area contributed by atoms with Gasteiger partial charge in [-0.25, -0.2) is 0 Å². The Labute approximate surface area is 452 Å². The van der Waals surface area contributed by atoms with Crippen molar-refractivity contribution < 1.29 is 24.5 Å². The Hall–Kier alpha value is -6.43. The van der Waals surface area contributed by atoms with Crippen molar-refractivity contribution in [2.75, 3.05) is 0 Å². The number of benzene rings is 8. The summed E-state index contributed by atoms with van der Waals surface area (Å²) in [6.45, 7) is 26.1. The summed E-state index contributed by atoms with van der Waals surface area (Å²) in [5.41, 5.74) is 16.4. The number of para-hydroxylation sites is 2. The number of furan rings is 1. The number of aromatic nitrogens is 3. The summed E-state index contributed by atoms with van der Waals surface area (Å²) in [7, 11) is -1.25. The van der Waals surface area contributed by atoms with Crippen LogP contribution >= 0.6 is 0 Å². The van der Waals surface area contributed by atoms with Gasteiger partial charge in [0.2, 0.25) is 0 Å². The largest absolute Gasteiger partial charge is 0.501 e. The zero-order valence-electron chi connectivity index (χ0n) is 44.9. The average molecular weight is 1160 g/mol. The molecule has 6 heteroatoms. The van der Waals surface area contributed by atoms with Crippen molar-refractivity contribution in [2.24, 2.45) is 0 Å². The molecule has 1 aliphatic carbocycles. The molecule has 12 rings (SSSR count). The molecule has 3 heterocycles. The Morgan fingerprint density at radius 2 is 1.31 bits per heavy atom. The van der Waals surface area contributed by atoms with E-state index in [1.54, 1.807) is 0 Å². The molecule has 8 aromatic carbocycles. The molecule has 0 N–H and O–H groups in total. The van der Waals surface area contributed by atoms with E-state index in [0.717, 1.165) is 55.6 Å². The van der Waals surface area contributed by atoms with Gasteiger partial charge in [0, 0.05) is 37.4 Å². The third kappa shape index (κ3) is 9.29. The summed E-state index contributed by atoms with van der Waals surface area (Å²) < 4.78 is 9.33. The maximum atomic E-state index is 6.92. The summed E-state index contributed by atoms with van der Waals surface area (Å²) in [6.07, 6.45) is 5.59. The van der Waals surface area contributed by atoms with E-state index in [2.05, 4.69) is 224 Å². The van der Waals surface area contributed by atoms with Crippen molar-refractivity contribution in [1.82, 2.24) is 14.5 Å². The van der Waals surface area contributed by atoms with Crippen molar-refractivity contribution in [1.29, 1.82) is 0 Å². The van der Waals surface area contributed by atoms with Gasteiger partial charge in [-0.2, -0.15) is 0 Å². The van der Waals surface area contributed by atoms with E-state index in [9.17, 15) is 0 Å². The molecule has 0 unspecified atom stereocenters. The minimum atomic E-state index is -1.25. The van der Waals surface area contributed by atoms with E-state index < -0.39 is 8.07 Å². The van der Waals surface area contributed by atoms with Crippen LogP contribution < -0.4 is 5.19 Å². The van der Waals surface area contributed by atoms with E-state index in [1.165, 1.54) is 85.1 Å². The Morgan fingerprint density at radius 1 is 0.608 bits per heavy atom. The number of pyridine rings is 1. The topological polar surface area (TPSA) is 43.9 Å². The van der Waals surface area contributed by atoms with Crippen LogP contribution in [0.1, 0.15) is 109 Å². The fourth-order valence-corrected chi connectivity index (χ4v) is 12.7. The third-order valence-corrected chi connectivity index (χ3v) is 17.8. The normalized spacial score (nSPS) is 14.3. The maximum Gasteiger partial charge on any atom is 0.121 e. The second kappa shape index (κ2) is 19.7. The second-order valence-corrected chi connectivity index (χ2v) is 28.5. The molecule has 0 saturated carbocycles. The van der Waals surface area contributed by atoms with Crippen LogP contribution in [0.15, 0.2) is 162 Å². The molecular formula is C68H67IrN3OSi-2. The van der Waals surface area contributed by atoms with E-state index in [4.69, 9.17) is 9.40 Å². The molecule has 0 atom stereocenters. The molecule has 0 saturated heterocycles. The van der Waals surface area contributed by atoms with Gasteiger partial charge in [-0.1, -0.05) is 170 Å². The van der Waals surface area contributed by atoms with Crippen LogP contribution in [0.25, 0.3) is 94.0 Å². The van der Waals surface area contributed by atoms with Crippen LogP contribution in [0.3, 0.4) is 0 Å². The van der Waals surface area contributed by atoms with Gasteiger partial charge in [0.1, 0.15) is 5.58 Å². The van der Waals surface area contributed by atoms with Crippen LogP contribution in [-0.2, 0) is 30.9 Å². The van der Waals surface area contributed by atoms with Crippen molar-refractivity contribution in [3.63, 3.8) is 0 Å². The second-order valence-electron chi connectivity index (χ2n) is 23.5. The third-order valence-electron chi connectivity index (χ3n) is 15.7. The predicted molar refractivity (Wildman–Crippen MR) is 313 cm³/mol. The van der Waals surface area contributed by atoms with Crippen LogP contribution in [0, 0.1) is 12.1 Å². The van der Waals surface area contributed by atoms with Crippen LogP contribution in [-0.4, -0.2) is 22.6 Å². The molecule has 0 fully saturated rings. The van der Waals surface area contributed by atoms with Gasteiger partial charge in [-0.05, 0) is 139 Å². The quantitative estimate of drug-likeness (QED) is 0.0691. The maximum absolute atomic E-state index is 6.92. The van der Waals surface area contributed by atoms with Crippen molar-refractivity contribution in [3.05, 3.63) is 192 Å². The van der Waals surface area contributed by atoms with Crippen molar-refractivity contribution in [3.8, 4) is 39.5 Å². The summed E-state index contributed by atoms with van der Waals surface area (Å²) >= 11 is 0.